The van der Waals surface area contributed by atoms with E-state index in [0.717, 1.165) is 36.8 Å². The summed E-state index contributed by atoms with van der Waals surface area (Å²) in [7, 11) is 0. The van der Waals surface area contributed by atoms with E-state index in [4.69, 9.17) is 0 Å². The quantitative estimate of drug-likeness (QED) is 0.193. The van der Waals surface area contributed by atoms with Crippen molar-refractivity contribution in [2.75, 3.05) is 0 Å². The zero-order chi connectivity index (χ0) is 23.1. The minimum absolute atomic E-state index is 0.321. The summed E-state index contributed by atoms with van der Waals surface area (Å²) in [5.74, 6) is 0.588. The Kier molecular flexibility index (Phi) is 9.05. The molecular weight excluding hydrogens is 424 g/mol. The van der Waals surface area contributed by atoms with E-state index in [2.05, 4.69) is 88.7 Å². The van der Waals surface area contributed by atoms with Crippen LogP contribution in [-0.4, -0.2) is 5.25 Å². The molecule has 1 aromatic carbocycles. The number of thiophene rings is 1. The summed E-state index contributed by atoms with van der Waals surface area (Å²) in [6, 6.07) is 13.4. The Morgan fingerprint density at radius 3 is 2.66 bits per heavy atom. The molecule has 0 saturated heterocycles. The fraction of sp³-hybridized carbons (Fsp3) is 0.367. The summed E-state index contributed by atoms with van der Waals surface area (Å²) in [5.41, 5.74) is 11.3. The molecule has 1 aliphatic carbocycles. The third-order valence-corrected chi connectivity index (χ3v) is 9.12. The topological polar surface area (TPSA) is 0 Å². The predicted octanol–water partition coefficient (Wildman–Crippen LogP) is 9.15. The molecule has 0 saturated carbocycles. The number of hydrogen-bond donors (Lipinski definition) is 0. The van der Waals surface area contributed by atoms with Gasteiger partial charge in [-0.25, -0.2) is 0 Å². The first-order valence-electron chi connectivity index (χ1n) is 11.7. The van der Waals surface area contributed by atoms with Crippen molar-refractivity contribution in [1.29, 1.82) is 0 Å². The molecule has 0 bridgehead atoms. The van der Waals surface area contributed by atoms with Crippen LogP contribution in [0.15, 0.2) is 94.4 Å². The van der Waals surface area contributed by atoms with Crippen LogP contribution in [0.2, 0.25) is 0 Å². The minimum atomic E-state index is 0.321. The zero-order valence-corrected chi connectivity index (χ0v) is 21.5. The first-order valence-corrected chi connectivity index (χ1v) is 13.4. The van der Waals surface area contributed by atoms with Gasteiger partial charge in [-0.05, 0) is 104 Å². The number of benzene rings is 1. The van der Waals surface area contributed by atoms with E-state index in [9.17, 15) is 0 Å². The van der Waals surface area contributed by atoms with Crippen molar-refractivity contribution in [3.8, 4) is 0 Å². The average Bonchev–Trinajstić information content (AvgIpc) is 3.26. The van der Waals surface area contributed by atoms with Crippen LogP contribution in [0, 0.1) is 5.92 Å². The molecule has 2 atom stereocenters. The van der Waals surface area contributed by atoms with Gasteiger partial charge in [0.15, 0.2) is 0 Å². The van der Waals surface area contributed by atoms with E-state index >= 15 is 0 Å². The fourth-order valence-electron chi connectivity index (χ4n) is 4.53. The zero-order valence-electron chi connectivity index (χ0n) is 19.9. The highest BCUT2D eigenvalue weighted by Crippen LogP contribution is 2.37. The molecule has 1 heterocycles. The Morgan fingerprint density at radius 1 is 1.22 bits per heavy atom. The minimum Gasteiger partial charge on any atom is -0.134 e. The summed E-state index contributed by atoms with van der Waals surface area (Å²) in [6.45, 7) is 19.1. The van der Waals surface area contributed by atoms with Gasteiger partial charge in [0.1, 0.15) is 0 Å². The SMILES string of the molecule is C=C=C(CCc1ccc(SC(C)C(=C)C(=C)/C(=C\C)CC)s1)C1CCc2ccccc2C1. The normalized spacial score (nSPS) is 16.7. The van der Waals surface area contributed by atoms with Gasteiger partial charge in [-0.2, -0.15) is 0 Å². The maximum absolute atomic E-state index is 4.34. The van der Waals surface area contributed by atoms with Gasteiger partial charge in [0.2, 0.25) is 0 Å². The van der Waals surface area contributed by atoms with Gasteiger partial charge in [-0.1, -0.05) is 57.0 Å². The molecule has 0 amide bonds. The number of fused-ring (bicyclic) bond motifs is 1. The number of hydrogen-bond acceptors (Lipinski definition) is 2. The molecule has 0 fully saturated rings. The van der Waals surface area contributed by atoms with E-state index in [1.807, 2.05) is 23.1 Å². The first-order chi connectivity index (χ1) is 15.5. The van der Waals surface area contributed by atoms with Crippen LogP contribution in [0.3, 0.4) is 0 Å². The summed E-state index contributed by atoms with van der Waals surface area (Å²) in [6.07, 6.45) is 8.81. The lowest BCUT2D eigenvalue weighted by Crippen LogP contribution is -2.16. The molecular formula is C30H36S2. The number of aryl methyl sites for hydroxylation is 2. The smallest absolute Gasteiger partial charge is 0.0607 e. The maximum atomic E-state index is 4.34. The summed E-state index contributed by atoms with van der Waals surface area (Å²) >= 11 is 3.81. The van der Waals surface area contributed by atoms with Crippen LogP contribution >= 0.6 is 23.1 Å². The van der Waals surface area contributed by atoms with E-state index in [0.29, 0.717) is 11.2 Å². The summed E-state index contributed by atoms with van der Waals surface area (Å²) in [5, 5.41) is 0.321. The van der Waals surface area contributed by atoms with Crippen LogP contribution < -0.4 is 0 Å². The molecule has 1 aliphatic rings. The molecule has 3 rings (SSSR count). The third kappa shape index (κ3) is 6.07. The van der Waals surface area contributed by atoms with Crippen molar-refractivity contribution in [3.63, 3.8) is 0 Å². The predicted molar refractivity (Wildman–Crippen MR) is 145 cm³/mol. The monoisotopic (exact) mass is 460 g/mol. The van der Waals surface area contributed by atoms with Gasteiger partial charge in [-0.15, -0.1) is 28.8 Å². The Balaban J connectivity index is 1.55. The highest BCUT2D eigenvalue weighted by atomic mass is 32.2. The van der Waals surface area contributed by atoms with Crippen LogP contribution in [0.4, 0.5) is 0 Å². The average molecular weight is 461 g/mol. The second-order valence-electron chi connectivity index (χ2n) is 8.56. The molecule has 2 heteroatoms. The second-order valence-corrected chi connectivity index (χ2v) is 11.4. The molecule has 0 N–H and O–H groups in total. The molecule has 168 valence electrons. The van der Waals surface area contributed by atoms with E-state index in [1.54, 1.807) is 0 Å². The standard InChI is InChI=1S/C30H36S2/c1-7-24(8-2)22(5)21(4)23(6)31-30-19-18-29(32-30)17-16-25(9-3)28-15-14-26-12-10-11-13-27(26)20-28/h7,10-13,18-19,23,28H,3-5,8,14-17,20H2,1-2,6H3/b24-7-. The second kappa shape index (κ2) is 11.8. The van der Waals surface area contributed by atoms with Crippen LogP contribution in [0.1, 0.15) is 56.0 Å². The molecule has 2 aromatic rings. The molecule has 2 unspecified atom stereocenters. The van der Waals surface area contributed by atoms with Gasteiger partial charge < -0.3 is 0 Å². The summed E-state index contributed by atoms with van der Waals surface area (Å²) < 4.78 is 1.36. The van der Waals surface area contributed by atoms with E-state index in [1.165, 1.54) is 44.2 Å². The van der Waals surface area contributed by atoms with Crippen molar-refractivity contribution in [1.82, 2.24) is 0 Å². The van der Waals surface area contributed by atoms with Crippen molar-refractivity contribution in [2.45, 2.75) is 68.8 Å². The number of allylic oxidation sites excluding steroid dienone is 4. The van der Waals surface area contributed by atoms with Gasteiger partial charge in [0, 0.05) is 10.1 Å². The lowest BCUT2D eigenvalue weighted by Gasteiger charge is -2.26. The Morgan fingerprint density at radius 2 is 1.97 bits per heavy atom. The fourth-order valence-corrected chi connectivity index (χ4v) is 7.00. The molecule has 32 heavy (non-hydrogen) atoms. The molecule has 0 aliphatic heterocycles. The van der Waals surface area contributed by atoms with Gasteiger partial charge >= 0.3 is 0 Å². The highest BCUT2D eigenvalue weighted by Gasteiger charge is 2.21. The highest BCUT2D eigenvalue weighted by molar-refractivity contribution is 8.01. The third-order valence-electron chi connectivity index (χ3n) is 6.63. The Labute approximate surface area is 203 Å². The van der Waals surface area contributed by atoms with E-state index < -0.39 is 0 Å². The first kappa shape index (κ1) is 24.6. The molecule has 1 aromatic heterocycles. The lowest BCUT2D eigenvalue weighted by molar-refractivity contribution is 0.510. The largest absolute Gasteiger partial charge is 0.134 e. The van der Waals surface area contributed by atoms with Crippen LogP contribution in [0.5, 0.6) is 0 Å². The Hall–Kier alpha value is -1.99. The molecule has 0 spiro atoms. The van der Waals surface area contributed by atoms with E-state index in [-0.39, 0.29) is 0 Å². The van der Waals surface area contributed by atoms with Crippen molar-refractivity contribution < 1.29 is 0 Å². The molecule has 0 radical (unpaired) electrons. The number of rotatable bonds is 10. The lowest BCUT2D eigenvalue weighted by atomic mass is 9.79. The molecule has 0 nitrogen and oxygen atoms in total. The summed E-state index contributed by atoms with van der Waals surface area (Å²) in [4.78, 5) is 1.44. The van der Waals surface area contributed by atoms with Crippen molar-refractivity contribution in [3.05, 3.63) is 106 Å². The van der Waals surface area contributed by atoms with Gasteiger partial charge in [0.25, 0.3) is 0 Å². The van der Waals surface area contributed by atoms with Gasteiger partial charge in [0.05, 0.1) is 4.21 Å². The van der Waals surface area contributed by atoms with Crippen LogP contribution in [0.25, 0.3) is 0 Å². The van der Waals surface area contributed by atoms with Gasteiger partial charge in [-0.3, -0.25) is 0 Å². The van der Waals surface area contributed by atoms with Crippen molar-refractivity contribution >= 4 is 23.1 Å². The Bertz CT molecular complexity index is 1040. The van der Waals surface area contributed by atoms with Crippen molar-refractivity contribution in [2.24, 2.45) is 5.92 Å². The maximum Gasteiger partial charge on any atom is 0.0607 e. The number of thioether (sulfide) groups is 1. The van der Waals surface area contributed by atoms with Crippen LogP contribution in [-0.2, 0) is 19.3 Å².